The van der Waals surface area contributed by atoms with Gasteiger partial charge in [-0.05, 0) is 31.9 Å². The molecule has 2 aromatic rings. The predicted octanol–water partition coefficient (Wildman–Crippen LogP) is 1.81. The van der Waals surface area contributed by atoms with Crippen molar-refractivity contribution in [1.82, 2.24) is 15.4 Å². The number of H-pyrrole nitrogens is 1. The molecule has 0 bridgehead atoms. The van der Waals surface area contributed by atoms with Gasteiger partial charge >= 0.3 is 0 Å². The van der Waals surface area contributed by atoms with Crippen molar-refractivity contribution in [3.63, 3.8) is 0 Å². The van der Waals surface area contributed by atoms with Crippen LogP contribution < -0.4 is 5.32 Å². The van der Waals surface area contributed by atoms with Crippen LogP contribution in [0, 0.1) is 0 Å². The number of rotatable bonds is 3. The van der Waals surface area contributed by atoms with Gasteiger partial charge in [-0.1, -0.05) is 18.2 Å². The molecule has 0 aliphatic carbocycles. The van der Waals surface area contributed by atoms with Gasteiger partial charge in [0.15, 0.2) is 0 Å². The predicted molar refractivity (Wildman–Crippen MR) is 76.9 cm³/mol. The van der Waals surface area contributed by atoms with Crippen LogP contribution in [0.3, 0.4) is 0 Å². The first kappa shape index (κ1) is 13.1. The number of benzene rings is 1. The molecule has 1 aromatic heterocycles. The van der Waals surface area contributed by atoms with Gasteiger partial charge in [-0.3, -0.25) is 14.9 Å². The summed E-state index contributed by atoms with van der Waals surface area (Å²) in [6.45, 7) is 3.87. The van der Waals surface area contributed by atoms with Crippen molar-refractivity contribution < 1.29 is 9.63 Å². The van der Waals surface area contributed by atoms with Crippen molar-refractivity contribution in [2.24, 2.45) is 0 Å². The second kappa shape index (κ2) is 4.61. The van der Waals surface area contributed by atoms with E-state index in [1.54, 1.807) is 0 Å². The second-order valence-corrected chi connectivity index (χ2v) is 5.63. The third-order valence-corrected chi connectivity index (χ3v) is 3.81. The van der Waals surface area contributed by atoms with E-state index in [0.717, 1.165) is 16.5 Å². The largest absolute Gasteiger partial charge is 0.361 e. The molecule has 0 unspecified atom stereocenters. The number of carbonyl (C=O) groups is 1. The molecule has 1 aliphatic rings. The van der Waals surface area contributed by atoms with Gasteiger partial charge in [-0.25, -0.2) is 5.06 Å². The minimum atomic E-state index is -0.484. The second-order valence-electron chi connectivity index (χ2n) is 5.63. The number of nitrogens with one attached hydrogen (secondary N) is 2. The summed E-state index contributed by atoms with van der Waals surface area (Å²) in [6, 6.07) is 7.85. The Morgan fingerprint density at radius 1 is 1.35 bits per heavy atom. The monoisotopic (exact) mass is 273 g/mol. The average Bonchev–Trinajstić information content (AvgIpc) is 2.90. The van der Waals surface area contributed by atoms with Crippen LogP contribution in [0.15, 0.2) is 30.5 Å². The van der Waals surface area contributed by atoms with Crippen molar-refractivity contribution >= 4 is 16.8 Å². The lowest BCUT2D eigenvalue weighted by atomic mass is 10.1. The van der Waals surface area contributed by atoms with Gasteiger partial charge in [0.2, 0.25) is 0 Å². The van der Waals surface area contributed by atoms with Crippen LogP contribution in [0.2, 0.25) is 0 Å². The van der Waals surface area contributed by atoms with Crippen LogP contribution in [-0.2, 0) is 16.1 Å². The first-order chi connectivity index (χ1) is 9.53. The van der Waals surface area contributed by atoms with E-state index in [0.29, 0.717) is 6.42 Å². The topological polar surface area (TPSA) is 57.4 Å². The third kappa shape index (κ3) is 1.99. The molecular formula is C15H19N3O2. The number of hydrogen-bond acceptors (Lipinski definition) is 3. The molecule has 0 saturated carbocycles. The highest BCUT2D eigenvalue weighted by Crippen LogP contribution is 2.25. The number of hydroxylamine groups is 2. The highest BCUT2D eigenvalue weighted by atomic mass is 16.7. The van der Waals surface area contributed by atoms with Crippen molar-refractivity contribution in [3.05, 3.63) is 36.0 Å². The van der Waals surface area contributed by atoms with Crippen molar-refractivity contribution in [2.75, 3.05) is 7.11 Å². The molecular weight excluding hydrogens is 254 g/mol. The molecule has 1 atom stereocenters. The molecule has 5 heteroatoms. The molecule has 1 fully saturated rings. The maximum absolute atomic E-state index is 12.3. The molecule has 106 valence electrons. The van der Waals surface area contributed by atoms with E-state index in [2.05, 4.69) is 16.4 Å². The average molecular weight is 273 g/mol. The smallest absolute Gasteiger partial charge is 0.265 e. The van der Waals surface area contributed by atoms with Crippen LogP contribution in [0.4, 0.5) is 0 Å². The SMILES string of the molecule is CON1C(=O)[C@H](Cc2c[nH]c3ccccc23)NC1(C)C. The lowest BCUT2D eigenvalue weighted by molar-refractivity contribution is -0.192. The molecule has 1 saturated heterocycles. The molecule has 1 aromatic carbocycles. The Bertz CT molecular complexity index is 647. The Kier molecular flexibility index (Phi) is 3.03. The first-order valence-corrected chi connectivity index (χ1v) is 6.74. The van der Waals surface area contributed by atoms with E-state index in [4.69, 9.17) is 4.84 Å². The third-order valence-electron chi connectivity index (χ3n) is 3.81. The quantitative estimate of drug-likeness (QED) is 0.896. The van der Waals surface area contributed by atoms with Gasteiger partial charge in [0.05, 0.1) is 13.2 Å². The summed E-state index contributed by atoms with van der Waals surface area (Å²) in [6.07, 6.45) is 2.62. The molecule has 2 N–H and O–H groups in total. The summed E-state index contributed by atoms with van der Waals surface area (Å²) in [4.78, 5) is 20.8. The minimum absolute atomic E-state index is 0.0252. The van der Waals surface area contributed by atoms with E-state index >= 15 is 0 Å². The lowest BCUT2D eigenvalue weighted by Gasteiger charge is -2.28. The minimum Gasteiger partial charge on any atom is -0.361 e. The Labute approximate surface area is 117 Å². The van der Waals surface area contributed by atoms with E-state index < -0.39 is 5.66 Å². The van der Waals surface area contributed by atoms with E-state index in [9.17, 15) is 4.79 Å². The van der Waals surface area contributed by atoms with Gasteiger partial charge in [0, 0.05) is 17.1 Å². The number of para-hydroxylation sites is 1. The maximum atomic E-state index is 12.3. The lowest BCUT2D eigenvalue weighted by Crippen LogP contribution is -2.46. The van der Waals surface area contributed by atoms with Crippen LogP contribution in [0.25, 0.3) is 10.9 Å². The number of aromatic nitrogens is 1. The van der Waals surface area contributed by atoms with E-state index in [1.165, 1.54) is 12.2 Å². The molecule has 5 nitrogen and oxygen atoms in total. The van der Waals surface area contributed by atoms with Gasteiger partial charge < -0.3 is 4.98 Å². The van der Waals surface area contributed by atoms with Crippen LogP contribution >= 0.6 is 0 Å². The first-order valence-electron chi connectivity index (χ1n) is 6.74. The standard InChI is InChI=1S/C15H19N3O2/c1-15(2)17-13(14(19)18(15)20-3)8-10-9-16-12-7-5-4-6-11(10)12/h4-7,9,13,16-17H,8H2,1-3H3/t13-/m0/s1. The Morgan fingerprint density at radius 2 is 2.10 bits per heavy atom. The Morgan fingerprint density at radius 3 is 2.80 bits per heavy atom. The molecule has 0 spiro atoms. The fourth-order valence-electron chi connectivity index (χ4n) is 2.94. The Balaban J connectivity index is 1.87. The fourth-order valence-corrected chi connectivity index (χ4v) is 2.94. The number of hydrogen-bond donors (Lipinski definition) is 2. The fraction of sp³-hybridized carbons (Fsp3) is 0.400. The summed E-state index contributed by atoms with van der Waals surface area (Å²) in [5, 5.41) is 5.89. The van der Waals surface area contributed by atoms with Crippen molar-refractivity contribution in [2.45, 2.75) is 32.0 Å². The number of nitrogens with zero attached hydrogens (tertiary/aromatic N) is 1. The number of aromatic amines is 1. The normalized spacial score (nSPS) is 21.9. The van der Waals surface area contributed by atoms with Crippen LogP contribution in [0.1, 0.15) is 19.4 Å². The zero-order chi connectivity index (χ0) is 14.3. The van der Waals surface area contributed by atoms with Gasteiger partial charge in [0.25, 0.3) is 5.91 Å². The van der Waals surface area contributed by atoms with Crippen LogP contribution in [0.5, 0.6) is 0 Å². The molecule has 1 amide bonds. The highest BCUT2D eigenvalue weighted by Gasteiger charge is 2.45. The maximum Gasteiger partial charge on any atom is 0.265 e. The van der Waals surface area contributed by atoms with Crippen molar-refractivity contribution in [1.29, 1.82) is 0 Å². The highest BCUT2D eigenvalue weighted by molar-refractivity contribution is 5.87. The molecule has 1 aliphatic heterocycles. The number of amides is 1. The molecule has 2 heterocycles. The summed E-state index contributed by atoms with van der Waals surface area (Å²) in [5.41, 5.74) is 1.75. The summed E-state index contributed by atoms with van der Waals surface area (Å²) in [7, 11) is 1.52. The van der Waals surface area contributed by atoms with Crippen LogP contribution in [-0.4, -0.2) is 34.8 Å². The summed E-state index contributed by atoms with van der Waals surface area (Å²) >= 11 is 0. The Hall–Kier alpha value is -1.85. The summed E-state index contributed by atoms with van der Waals surface area (Å²) < 4.78 is 0. The summed E-state index contributed by atoms with van der Waals surface area (Å²) in [5.74, 6) is -0.0252. The number of fused-ring (bicyclic) bond motifs is 1. The zero-order valence-corrected chi connectivity index (χ0v) is 11.9. The molecule has 0 radical (unpaired) electrons. The molecule has 3 rings (SSSR count). The zero-order valence-electron chi connectivity index (χ0n) is 11.9. The van der Waals surface area contributed by atoms with Gasteiger partial charge in [-0.2, -0.15) is 0 Å². The van der Waals surface area contributed by atoms with E-state index in [-0.39, 0.29) is 11.9 Å². The van der Waals surface area contributed by atoms with E-state index in [1.807, 2.05) is 38.2 Å². The molecule has 20 heavy (non-hydrogen) atoms. The van der Waals surface area contributed by atoms with Crippen molar-refractivity contribution in [3.8, 4) is 0 Å². The van der Waals surface area contributed by atoms with Gasteiger partial charge in [0.1, 0.15) is 5.66 Å². The number of carbonyl (C=O) groups excluding carboxylic acids is 1. The van der Waals surface area contributed by atoms with Gasteiger partial charge in [-0.15, -0.1) is 0 Å².